The van der Waals surface area contributed by atoms with Crippen LogP contribution in [0.5, 0.6) is 0 Å². The molecular formula is C25H19Cl2N3O. The summed E-state index contributed by atoms with van der Waals surface area (Å²) in [5, 5.41) is 6.91. The highest BCUT2D eigenvalue weighted by molar-refractivity contribution is 6.51. The van der Waals surface area contributed by atoms with Crippen molar-refractivity contribution in [3.05, 3.63) is 82.5 Å². The van der Waals surface area contributed by atoms with Crippen LogP contribution in [0.2, 0.25) is 5.02 Å². The molecule has 0 saturated heterocycles. The van der Waals surface area contributed by atoms with Crippen molar-refractivity contribution >= 4 is 45.6 Å². The molecule has 1 aliphatic carbocycles. The van der Waals surface area contributed by atoms with Gasteiger partial charge in [-0.25, -0.2) is 9.67 Å². The summed E-state index contributed by atoms with van der Waals surface area (Å²) in [5.41, 5.74) is 5.27. The maximum Gasteiger partial charge on any atom is 0.163 e. The SMILES string of the molecule is CC1(C)Cc2nc3c(cc2C(Cl)=C1C=O)c(-c1ccc(Cl)cc1)nn3-c1ccccc1. The molecule has 0 saturated carbocycles. The number of aromatic nitrogens is 3. The molecule has 0 fully saturated rings. The first-order valence-corrected chi connectivity index (χ1v) is 10.7. The minimum absolute atomic E-state index is 0.386. The summed E-state index contributed by atoms with van der Waals surface area (Å²) >= 11 is 12.8. The standard InChI is InChI=1S/C25H19Cl2N3O/c1-25(2)13-21-18(22(27)20(25)14-31)12-19-23(15-8-10-16(26)11-9-15)29-30(24(19)28-21)17-6-4-3-5-7-17/h3-12,14H,13H2,1-2H3. The third kappa shape index (κ3) is 3.27. The Balaban J connectivity index is 1.84. The monoisotopic (exact) mass is 447 g/mol. The van der Waals surface area contributed by atoms with E-state index in [-0.39, 0.29) is 5.41 Å². The highest BCUT2D eigenvalue weighted by Crippen LogP contribution is 2.44. The van der Waals surface area contributed by atoms with Crippen LogP contribution >= 0.6 is 23.2 Å². The molecule has 31 heavy (non-hydrogen) atoms. The van der Waals surface area contributed by atoms with Crippen molar-refractivity contribution in [3.8, 4) is 16.9 Å². The minimum atomic E-state index is -0.386. The number of hydrogen-bond acceptors (Lipinski definition) is 3. The molecular weight excluding hydrogens is 429 g/mol. The van der Waals surface area contributed by atoms with Crippen molar-refractivity contribution in [1.82, 2.24) is 14.8 Å². The van der Waals surface area contributed by atoms with E-state index in [0.29, 0.717) is 22.0 Å². The van der Waals surface area contributed by atoms with Gasteiger partial charge in [-0.3, -0.25) is 4.79 Å². The van der Waals surface area contributed by atoms with Gasteiger partial charge in [0.25, 0.3) is 0 Å². The Morgan fingerprint density at radius 3 is 2.42 bits per heavy atom. The first kappa shape index (κ1) is 20.0. The van der Waals surface area contributed by atoms with E-state index in [0.717, 1.165) is 45.5 Å². The Labute approximate surface area is 190 Å². The Bertz CT molecular complexity index is 1350. The molecule has 2 aromatic heterocycles. The number of carbonyl (C=O) groups is 1. The van der Waals surface area contributed by atoms with E-state index in [1.165, 1.54) is 0 Å². The van der Waals surface area contributed by atoms with Gasteiger partial charge in [-0.2, -0.15) is 5.10 Å². The van der Waals surface area contributed by atoms with Gasteiger partial charge < -0.3 is 0 Å². The number of aldehydes is 1. The molecule has 2 heterocycles. The third-order valence-corrected chi connectivity index (χ3v) is 6.44. The Morgan fingerprint density at radius 1 is 1.03 bits per heavy atom. The largest absolute Gasteiger partial charge is 0.298 e. The summed E-state index contributed by atoms with van der Waals surface area (Å²) in [5.74, 6) is 0. The molecule has 154 valence electrons. The smallest absolute Gasteiger partial charge is 0.163 e. The molecule has 0 aliphatic heterocycles. The average Bonchev–Trinajstić information content (AvgIpc) is 3.12. The fourth-order valence-electron chi connectivity index (χ4n) is 4.14. The van der Waals surface area contributed by atoms with Crippen LogP contribution in [-0.4, -0.2) is 21.1 Å². The predicted molar refractivity (Wildman–Crippen MR) is 126 cm³/mol. The number of pyridine rings is 1. The molecule has 5 rings (SSSR count). The Kier molecular flexibility index (Phi) is 4.72. The number of fused-ring (bicyclic) bond motifs is 2. The molecule has 0 amide bonds. The number of benzene rings is 2. The van der Waals surface area contributed by atoms with Crippen LogP contribution in [0.15, 0.2) is 66.2 Å². The average molecular weight is 448 g/mol. The lowest BCUT2D eigenvalue weighted by atomic mass is 9.75. The quantitative estimate of drug-likeness (QED) is 0.338. The van der Waals surface area contributed by atoms with Gasteiger partial charge in [-0.1, -0.05) is 67.4 Å². The van der Waals surface area contributed by atoms with Gasteiger partial charge in [0.2, 0.25) is 0 Å². The molecule has 0 atom stereocenters. The van der Waals surface area contributed by atoms with Gasteiger partial charge in [0.05, 0.1) is 16.4 Å². The van der Waals surface area contributed by atoms with Crippen molar-refractivity contribution in [2.45, 2.75) is 20.3 Å². The number of rotatable bonds is 3. The van der Waals surface area contributed by atoms with Crippen molar-refractivity contribution < 1.29 is 4.79 Å². The number of halogens is 2. The van der Waals surface area contributed by atoms with E-state index in [2.05, 4.69) is 0 Å². The van der Waals surface area contributed by atoms with Crippen LogP contribution in [0.3, 0.4) is 0 Å². The zero-order valence-electron chi connectivity index (χ0n) is 17.1. The summed E-state index contributed by atoms with van der Waals surface area (Å²) in [6, 6.07) is 19.5. The lowest BCUT2D eigenvalue weighted by molar-refractivity contribution is -0.105. The molecule has 2 aromatic carbocycles. The van der Waals surface area contributed by atoms with Crippen LogP contribution in [-0.2, 0) is 11.2 Å². The molecule has 0 N–H and O–H groups in total. The molecule has 0 spiro atoms. The highest BCUT2D eigenvalue weighted by Gasteiger charge is 2.34. The lowest BCUT2D eigenvalue weighted by Gasteiger charge is -2.31. The summed E-state index contributed by atoms with van der Waals surface area (Å²) in [6.45, 7) is 4.03. The second kappa shape index (κ2) is 7.33. The minimum Gasteiger partial charge on any atom is -0.298 e. The van der Waals surface area contributed by atoms with Gasteiger partial charge in [-0.05, 0) is 42.2 Å². The maximum absolute atomic E-state index is 11.8. The van der Waals surface area contributed by atoms with Crippen LogP contribution in [0.4, 0.5) is 0 Å². The number of para-hydroxylation sites is 1. The molecule has 1 aliphatic rings. The fourth-order valence-corrected chi connectivity index (χ4v) is 4.73. The molecule has 0 unspecified atom stereocenters. The summed E-state index contributed by atoms with van der Waals surface area (Å²) in [4.78, 5) is 16.8. The van der Waals surface area contributed by atoms with Crippen molar-refractivity contribution in [3.63, 3.8) is 0 Å². The topological polar surface area (TPSA) is 47.8 Å². The van der Waals surface area contributed by atoms with Gasteiger partial charge >= 0.3 is 0 Å². The van der Waals surface area contributed by atoms with Gasteiger partial charge in [-0.15, -0.1) is 0 Å². The van der Waals surface area contributed by atoms with E-state index >= 15 is 0 Å². The second-order valence-corrected chi connectivity index (χ2v) is 9.18. The van der Waals surface area contributed by atoms with Gasteiger partial charge in [0.15, 0.2) is 5.65 Å². The van der Waals surface area contributed by atoms with Crippen LogP contribution in [0.25, 0.3) is 33.0 Å². The third-order valence-electron chi connectivity index (χ3n) is 5.78. The fraction of sp³-hybridized carbons (Fsp3) is 0.160. The van der Waals surface area contributed by atoms with E-state index in [4.69, 9.17) is 33.3 Å². The van der Waals surface area contributed by atoms with E-state index in [9.17, 15) is 4.79 Å². The summed E-state index contributed by atoms with van der Waals surface area (Å²) in [6.07, 6.45) is 1.49. The number of allylic oxidation sites excluding steroid dienone is 1. The molecule has 0 radical (unpaired) electrons. The number of hydrogen-bond donors (Lipinski definition) is 0. The highest BCUT2D eigenvalue weighted by atomic mass is 35.5. The Morgan fingerprint density at radius 2 is 1.74 bits per heavy atom. The van der Waals surface area contributed by atoms with E-state index in [1.807, 2.05) is 79.2 Å². The molecule has 4 aromatic rings. The van der Waals surface area contributed by atoms with Crippen molar-refractivity contribution in [2.75, 3.05) is 0 Å². The summed E-state index contributed by atoms with van der Waals surface area (Å²) < 4.78 is 1.86. The maximum atomic E-state index is 11.8. The summed E-state index contributed by atoms with van der Waals surface area (Å²) in [7, 11) is 0. The van der Waals surface area contributed by atoms with Crippen molar-refractivity contribution in [1.29, 1.82) is 0 Å². The van der Waals surface area contributed by atoms with E-state index in [1.54, 1.807) is 0 Å². The van der Waals surface area contributed by atoms with Gasteiger partial charge in [0.1, 0.15) is 12.0 Å². The molecule has 6 heteroatoms. The van der Waals surface area contributed by atoms with Gasteiger partial charge in [0, 0.05) is 27.1 Å². The first-order valence-electron chi connectivity index (χ1n) is 9.99. The normalized spacial score (nSPS) is 15.2. The van der Waals surface area contributed by atoms with Crippen LogP contribution in [0.1, 0.15) is 25.1 Å². The number of carbonyl (C=O) groups excluding carboxylic acids is 1. The first-order chi connectivity index (χ1) is 14.9. The molecule has 4 nitrogen and oxygen atoms in total. The second-order valence-electron chi connectivity index (χ2n) is 8.36. The van der Waals surface area contributed by atoms with Crippen LogP contribution < -0.4 is 0 Å². The molecule has 0 bridgehead atoms. The van der Waals surface area contributed by atoms with Crippen LogP contribution in [0, 0.1) is 5.41 Å². The van der Waals surface area contributed by atoms with Crippen molar-refractivity contribution in [2.24, 2.45) is 5.41 Å². The zero-order valence-corrected chi connectivity index (χ0v) is 18.6. The lowest BCUT2D eigenvalue weighted by Crippen LogP contribution is -2.25. The van der Waals surface area contributed by atoms with E-state index < -0.39 is 0 Å². The zero-order chi connectivity index (χ0) is 21.8. The number of nitrogens with zero attached hydrogens (tertiary/aromatic N) is 3. The Hall–Kier alpha value is -2.95. The predicted octanol–water partition coefficient (Wildman–Crippen LogP) is 6.47.